The number of carbonyl (C=O) groups excluding carboxylic acids is 2. The van der Waals surface area contributed by atoms with Crippen molar-refractivity contribution in [1.82, 2.24) is 0 Å². The lowest BCUT2D eigenvalue weighted by Gasteiger charge is -2.13. The number of anilines is 1. The highest BCUT2D eigenvalue weighted by Crippen LogP contribution is 2.31. The molecule has 3 nitrogen and oxygen atoms in total. The van der Waals surface area contributed by atoms with Gasteiger partial charge < -0.3 is 5.32 Å². The van der Waals surface area contributed by atoms with Crippen LogP contribution in [0.5, 0.6) is 0 Å². The monoisotopic (exact) mass is 293 g/mol. The summed E-state index contributed by atoms with van der Waals surface area (Å²) >= 11 is 5.62. The third-order valence-electron chi connectivity index (χ3n) is 2.25. The minimum absolute atomic E-state index is 0.145. The summed E-state index contributed by atoms with van der Waals surface area (Å²) in [4.78, 5) is 22.7. The molecular formula is C12H11ClF3NO2. The highest BCUT2D eigenvalue weighted by molar-refractivity contribution is 6.35. The molecule has 0 aliphatic rings. The molecule has 0 aromatic heterocycles. The fraction of sp³-hybridized carbons (Fsp3) is 0.333. The Morgan fingerprint density at radius 1 is 1.32 bits per heavy atom. The average molecular weight is 294 g/mol. The summed E-state index contributed by atoms with van der Waals surface area (Å²) in [5.41, 5.74) is -0.964. The van der Waals surface area contributed by atoms with E-state index in [1.54, 1.807) is 6.92 Å². The lowest BCUT2D eigenvalue weighted by molar-refractivity contribution is -0.116. The molecule has 0 spiro atoms. The molecule has 0 aliphatic heterocycles. The van der Waals surface area contributed by atoms with E-state index in [9.17, 15) is 22.8 Å². The summed E-state index contributed by atoms with van der Waals surface area (Å²) in [7, 11) is 0. The van der Waals surface area contributed by atoms with Crippen molar-refractivity contribution in [2.24, 2.45) is 0 Å². The average Bonchev–Trinajstić information content (AvgIpc) is 2.27. The third-order valence-corrected chi connectivity index (χ3v) is 2.56. The topological polar surface area (TPSA) is 46.2 Å². The van der Waals surface area contributed by atoms with Gasteiger partial charge in [-0.15, -0.1) is 0 Å². The Balaban J connectivity index is 3.16. The Labute approximate surface area is 112 Å². The van der Waals surface area contributed by atoms with Gasteiger partial charge in [0.2, 0.25) is 5.91 Å². The second-order valence-corrected chi connectivity index (χ2v) is 4.19. The maximum Gasteiger partial charge on any atom is 0.455 e. The molecule has 0 unspecified atom stereocenters. The van der Waals surface area contributed by atoms with E-state index in [-0.39, 0.29) is 17.1 Å². The van der Waals surface area contributed by atoms with Gasteiger partial charge in [-0.1, -0.05) is 24.6 Å². The van der Waals surface area contributed by atoms with E-state index in [1.807, 2.05) is 0 Å². The molecule has 104 valence electrons. The van der Waals surface area contributed by atoms with Gasteiger partial charge in [0.05, 0.1) is 16.3 Å². The van der Waals surface area contributed by atoms with Crippen molar-refractivity contribution in [2.75, 3.05) is 5.32 Å². The van der Waals surface area contributed by atoms with Gasteiger partial charge in [0.25, 0.3) is 5.78 Å². The van der Waals surface area contributed by atoms with Crippen LogP contribution < -0.4 is 5.32 Å². The molecule has 0 fully saturated rings. The van der Waals surface area contributed by atoms with Crippen LogP contribution in [0.15, 0.2) is 18.2 Å². The van der Waals surface area contributed by atoms with Gasteiger partial charge >= 0.3 is 6.18 Å². The van der Waals surface area contributed by atoms with Crippen LogP contribution in [0.2, 0.25) is 5.02 Å². The van der Waals surface area contributed by atoms with Crippen molar-refractivity contribution in [3.05, 3.63) is 28.8 Å². The zero-order valence-electron chi connectivity index (χ0n) is 9.97. The van der Waals surface area contributed by atoms with Crippen LogP contribution in [-0.2, 0) is 4.79 Å². The Morgan fingerprint density at radius 2 is 1.95 bits per heavy atom. The molecule has 0 bridgehead atoms. The first kappa shape index (κ1) is 15.5. The molecular weight excluding hydrogens is 283 g/mol. The SMILES string of the molecule is CCCC(=O)Nc1cccc(Cl)c1C(=O)C(F)(F)F. The van der Waals surface area contributed by atoms with E-state index in [0.29, 0.717) is 6.42 Å². The van der Waals surface area contributed by atoms with Gasteiger partial charge in [-0.05, 0) is 18.6 Å². The first-order chi connectivity index (χ1) is 8.77. The number of benzene rings is 1. The van der Waals surface area contributed by atoms with Gasteiger partial charge in [-0.25, -0.2) is 0 Å². The van der Waals surface area contributed by atoms with Crippen LogP contribution in [0.4, 0.5) is 18.9 Å². The van der Waals surface area contributed by atoms with E-state index in [0.717, 1.165) is 6.07 Å². The van der Waals surface area contributed by atoms with Crippen LogP contribution in [-0.4, -0.2) is 17.9 Å². The Hall–Kier alpha value is -1.56. The summed E-state index contributed by atoms with van der Waals surface area (Å²) in [6.45, 7) is 1.75. The Kier molecular flexibility index (Phi) is 4.94. The minimum Gasteiger partial charge on any atom is -0.325 e. The minimum atomic E-state index is -5.05. The lowest BCUT2D eigenvalue weighted by Crippen LogP contribution is -2.25. The first-order valence-corrected chi connectivity index (χ1v) is 5.85. The van der Waals surface area contributed by atoms with Crippen molar-refractivity contribution in [2.45, 2.75) is 25.9 Å². The van der Waals surface area contributed by atoms with Crippen LogP contribution >= 0.6 is 11.6 Å². The molecule has 0 atom stereocenters. The number of Topliss-reactive ketones (excluding diaryl/α,β-unsaturated/α-hetero) is 1. The standard InChI is InChI=1S/C12H11ClF3NO2/c1-2-4-9(18)17-8-6-3-5-7(13)10(8)11(19)12(14,15)16/h3,5-6H,2,4H2,1H3,(H,17,18). The predicted octanol–water partition coefficient (Wildman–Crippen LogP) is 3.82. The number of alkyl halides is 3. The number of rotatable bonds is 4. The number of hydrogen-bond acceptors (Lipinski definition) is 2. The smallest absolute Gasteiger partial charge is 0.325 e. The van der Waals surface area contributed by atoms with Gasteiger partial charge in [0, 0.05) is 6.42 Å². The fourth-order valence-electron chi connectivity index (χ4n) is 1.44. The number of hydrogen-bond donors (Lipinski definition) is 1. The Morgan fingerprint density at radius 3 is 2.47 bits per heavy atom. The molecule has 1 aromatic rings. The van der Waals surface area contributed by atoms with Crippen molar-refractivity contribution in [1.29, 1.82) is 0 Å². The van der Waals surface area contributed by atoms with E-state index >= 15 is 0 Å². The molecule has 0 radical (unpaired) electrons. The fourth-order valence-corrected chi connectivity index (χ4v) is 1.70. The van der Waals surface area contributed by atoms with E-state index in [2.05, 4.69) is 5.32 Å². The van der Waals surface area contributed by atoms with E-state index < -0.39 is 23.4 Å². The molecule has 1 amide bonds. The maximum atomic E-state index is 12.5. The van der Waals surface area contributed by atoms with Gasteiger partial charge in [-0.2, -0.15) is 13.2 Å². The lowest BCUT2D eigenvalue weighted by atomic mass is 10.1. The summed E-state index contributed by atoms with van der Waals surface area (Å²) in [6, 6.07) is 3.73. The molecule has 19 heavy (non-hydrogen) atoms. The summed E-state index contributed by atoms with van der Waals surface area (Å²) in [6.07, 6.45) is -4.36. The molecule has 1 rings (SSSR count). The largest absolute Gasteiger partial charge is 0.455 e. The molecule has 0 heterocycles. The quantitative estimate of drug-likeness (QED) is 0.858. The van der Waals surface area contributed by atoms with E-state index in [1.165, 1.54) is 12.1 Å². The highest BCUT2D eigenvalue weighted by Gasteiger charge is 2.41. The summed E-state index contributed by atoms with van der Waals surface area (Å²) < 4.78 is 37.4. The third kappa shape index (κ3) is 3.96. The van der Waals surface area contributed by atoms with Crippen molar-refractivity contribution >= 4 is 29.0 Å². The van der Waals surface area contributed by atoms with Crippen LogP contribution in [0.1, 0.15) is 30.1 Å². The van der Waals surface area contributed by atoms with Gasteiger partial charge in [0.1, 0.15) is 0 Å². The molecule has 7 heteroatoms. The van der Waals surface area contributed by atoms with Crippen LogP contribution in [0, 0.1) is 0 Å². The zero-order chi connectivity index (χ0) is 14.6. The van der Waals surface area contributed by atoms with Gasteiger partial charge in [0.15, 0.2) is 0 Å². The molecule has 1 N–H and O–H groups in total. The molecule has 0 aliphatic carbocycles. The number of nitrogens with one attached hydrogen (secondary N) is 1. The molecule has 0 saturated carbocycles. The van der Waals surface area contributed by atoms with Crippen molar-refractivity contribution < 1.29 is 22.8 Å². The van der Waals surface area contributed by atoms with Crippen molar-refractivity contribution in [3.63, 3.8) is 0 Å². The predicted molar refractivity (Wildman–Crippen MR) is 65.4 cm³/mol. The molecule has 1 aromatic carbocycles. The molecule has 0 saturated heterocycles. The number of ketones is 1. The zero-order valence-corrected chi connectivity index (χ0v) is 10.7. The van der Waals surface area contributed by atoms with Crippen molar-refractivity contribution in [3.8, 4) is 0 Å². The van der Waals surface area contributed by atoms with Crippen LogP contribution in [0.25, 0.3) is 0 Å². The normalized spacial score (nSPS) is 11.2. The van der Waals surface area contributed by atoms with Gasteiger partial charge in [-0.3, -0.25) is 9.59 Å². The first-order valence-electron chi connectivity index (χ1n) is 5.47. The summed E-state index contributed by atoms with van der Waals surface area (Å²) in [5, 5.41) is 1.91. The number of amides is 1. The highest BCUT2D eigenvalue weighted by atomic mass is 35.5. The maximum absolute atomic E-state index is 12.5. The van der Waals surface area contributed by atoms with E-state index in [4.69, 9.17) is 11.6 Å². The second kappa shape index (κ2) is 6.06. The Bertz CT molecular complexity index is 500. The number of carbonyl (C=O) groups is 2. The summed E-state index contributed by atoms with van der Waals surface area (Å²) in [5.74, 6) is -2.55. The second-order valence-electron chi connectivity index (χ2n) is 3.79. The van der Waals surface area contributed by atoms with Crippen LogP contribution in [0.3, 0.4) is 0 Å². The number of halogens is 4.